The van der Waals surface area contributed by atoms with Gasteiger partial charge in [-0.1, -0.05) is 30.3 Å². The topological polar surface area (TPSA) is 80.4 Å². The Bertz CT molecular complexity index is 650. The van der Waals surface area contributed by atoms with E-state index in [1.54, 1.807) is 30.3 Å². The average Bonchev–Trinajstić information content (AvgIpc) is 2.41. The van der Waals surface area contributed by atoms with Gasteiger partial charge in [-0.3, -0.25) is 14.9 Å². The number of aryl methyl sites for hydroxylation is 1. The van der Waals surface area contributed by atoms with Crippen LogP contribution < -0.4 is 0 Å². The lowest BCUT2D eigenvalue weighted by molar-refractivity contribution is -0.385. The molecule has 0 radical (unpaired) electrons. The number of nitrogens with zero attached hydrogens (tertiary/aromatic N) is 1. The number of carbonyl (C=O) groups excluding carboxylic acids is 1. The highest BCUT2D eigenvalue weighted by Gasteiger charge is 2.19. The van der Waals surface area contributed by atoms with Gasteiger partial charge in [0.2, 0.25) is 0 Å². The zero-order valence-corrected chi connectivity index (χ0v) is 10.2. The van der Waals surface area contributed by atoms with Gasteiger partial charge < -0.3 is 5.11 Å². The van der Waals surface area contributed by atoms with Crippen molar-refractivity contribution in [2.24, 2.45) is 0 Å². The van der Waals surface area contributed by atoms with Crippen molar-refractivity contribution < 1.29 is 14.8 Å². The van der Waals surface area contributed by atoms with Gasteiger partial charge in [-0.2, -0.15) is 0 Å². The fourth-order valence-corrected chi connectivity index (χ4v) is 1.81. The summed E-state index contributed by atoms with van der Waals surface area (Å²) in [7, 11) is 0. The highest BCUT2D eigenvalue weighted by molar-refractivity contribution is 6.10. The van der Waals surface area contributed by atoms with Crippen molar-refractivity contribution in [1.82, 2.24) is 0 Å². The Balaban J connectivity index is 2.50. The maximum Gasteiger partial charge on any atom is 0.276 e. The zero-order valence-electron chi connectivity index (χ0n) is 10.2. The lowest BCUT2D eigenvalue weighted by Crippen LogP contribution is -2.03. The molecule has 0 aliphatic rings. The Morgan fingerprint density at radius 3 is 2.42 bits per heavy atom. The smallest absolute Gasteiger partial charge is 0.276 e. The van der Waals surface area contributed by atoms with Crippen LogP contribution in [0, 0.1) is 17.0 Å². The predicted octanol–water partition coefficient (Wildman–Crippen LogP) is 2.84. The summed E-state index contributed by atoms with van der Waals surface area (Å²) >= 11 is 0. The molecule has 0 aliphatic heterocycles. The molecule has 2 aromatic rings. The number of aromatic hydroxyl groups is 1. The van der Waals surface area contributed by atoms with Crippen LogP contribution in [0.5, 0.6) is 5.75 Å². The van der Waals surface area contributed by atoms with E-state index >= 15 is 0 Å². The standard InChI is InChI=1S/C14H11NO4/c1-9-7-11(13(16)8-12(9)15(18)19)14(17)10-5-3-2-4-6-10/h2-8,16H,1H3. The number of nitro benzene ring substituents is 1. The maximum absolute atomic E-state index is 12.2. The first-order valence-electron chi connectivity index (χ1n) is 5.58. The second kappa shape index (κ2) is 4.89. The van der Waals surface area contributed by atoms with E-state index in [-0.39, 0.29) is 22.8 Å². The lowest BCUT2D eigenvalue weighted by Gasteiger charge is -2.06. The molecule has 19 heavy (non-hydrogen) atoms. The normalized spacial score (nSPS) is 10.2. The molecule has 0 heterocycles. The van der Waals surface area contributed by atoms with Crippen molar-refractivity contribution in [1.29, 1.82) is 0 Å². The summed E-state index contributed by atoms with van der Waals surface area (Å²) in [5.74, 6) is -0.748. The van der Waals surface area contributed by atoms with Gasteiger partial charge in [0.05, 0.1) is 16.6 Å². The molecule has 1 N–H and O–H groups in total. The van der Waals surface area contributed by atoms with Crippen LogP contribution in [0.1, 0.15) is 21.5 Å². The fourth-order valence-electron chi connectivity index (χ4n) is 1.81. The van der Waals surface area contributed by atoms with Crippen molar-refractivity contribution >= 4 is 11.5 Å². The van der Waals surface area contributed by atoms with Gasteiger partial charge in [0.15, 0.2) is 5.78 Å². The Hall–Kier alpha value is -2.69. The molecule has 96 valence electrons. The van der Waals surface area contributed by atoms with Crippen molar-refractivity contribution in [3.8, 4) is 5.75 Å². The molecule has 0 saturated heterocycles. The minimum Gasteiger partial charge on any atom is -0.507 e. The number of ketones is 1. The molecule has 5 heteroatoms. The van der Waals surface area contributed by atoms with Crippen LogP contribution in [0.25, 0.3) is 0 Å². The minimum atomic E-state index is -0.591. The van der Waals surface area contributed by atoms with E-state index < -0.39 is 4.92 Å². The largest absolute Gasteiger partial charge is 0.507 e. The first kappa shape index (κ1) is 12.8. The van der Waals surface area contributed by atoms with Crippen LogP contribution in [0.4, 0.5) is 5.69 Å². The van der Waals surface area contributed by atoms with Gasteiger partial charge in [-0.15, -0.1) is 0 Å². The molecule has 0 aromatic heterocycles. The number of phenols is 1. The Kier molecular flexibility index (Phi) is 3.29. The van der Waals surface area contributed by atoms with Gasteiger partial charge in [-0.25, -0.2) is 0 Å². The summed E-state index contributed by atoms with van der Waals surface area (Å²) < 4.78 is 0. The number of benzene rings is 2. The molecule has 0 spiro atoms. The quantitative estimate of drug-likeness (QED) is 0.520. The number of hydrogen-bond acceptors (Lipinski definition) is 4. The van der Waals surface area contributed by atoms with Crippen LogP contribution in [0.2, 0.25) is 0 Å². The van der Waals surface area contributed by atoms with E-state index in [4.69, 9.17) is 0 Å². The molecule has 0 fully saturated rings. The zero-order chi connectivity index (χ0) is 14.0. The van der Waals surface area contributed by atoms with Gasteiger partial charge in [0.25, 0.3) is 5.69 Å². The summed E-state index contributed by atoms with van der Waals surface area (Å²) in [6.07, 6.45) is 0. The SMILES string of the molecule is Cc1cc(C(=O)c2ccccc2)c(O)cc1[N+](=O)[O-]. The van der Waals surface area contributed by atoms with Crippen molar-refractivity contribution in [2.75, 3.05) is 0 Å². The van der Waals surface area contributed by atoms with Gasteiger partial charge >= 0.3 is 0 Å². The van der Waals surface area contributed by atoms with Gasteiger partial charge in [-0.05, 0) is 13.0 Å². The molecule has 5 nitrogen and oxygen atoms in total. The summed E-state index contributed by atoms with van der Waals surface area (Å²) in [6.45, 7) is 1.53. The predicted molar refractivity (Wildman–Crippen MR) is 69.4 cm³/mol. The van der Waals surface area contributed by atoms with Crippen LogP contribution >= 0.6 is 0 Å². The van der Waals surface area contributed by atoms with Crippen molar-refractivity contribution in [3.63, 3.8) is 0 Å². The van der Waals surface area contributed by atoms with E-state index in [2.05, 4.69) is 0 Å². The molecule has 0 saturated carbocycles. The Morgan fingerprint density at radius 1 is 1.21 bits per heavy atom. The highest BCUT2D eigenvalue weighted by atomic mass is 16.6. The molecule has 0 aliphatic carbocycles. The van der Waals surface area contributed by atoms with Crippen LogP contribution in [-0.4, -0.2) is 15.8 Å². The van der Waals surface area contributed by atoms with Crippen molar-refractivity contribution in [3.05, 3.63) is 69.3 Å². The summed E-state index contributed by atoms with van der Waals surface area (Å²) in [5.41, 5.74) is 0.615. The summed E-state index contributed by atoms with van der Waals surface area (Å²) in [4.78, 5) is 22.3. The summed E-state index contributed by atoms with van der Waals surface area (Å²) in [5, 5.41) is 20.5. The lowest BCUT2D eigenvalue weighted by atomic mass is 10.00. The van der Waals surface area contributed by atoms with Crippen LogP contribution in [0.3, 0.4) is 0 Å². The maximum atomic E-state index is 12.2. The molecule has 2 aromatic carbocycles. The molecule has 0 unspecified atom stereocenters. The first-order valence-corrected chi connectivity index (χ1v) is 5.58. The van der Waals surface area contributed by atoms with E-state index in [9.17, 15) is 20.0 Å². The van der Waals surface area contributed by atoms with Gasteiger partial charge in [0.1, 0.15) is 5.75 Å². The third kappa shape index (κ3) is 2.44. The Morgan fingerprint density at radius 2 is 1.84 bits per heavy atom. The number of carbonyl (C=O) groups is 1. The molecular weight excluding hydrogens is 246 g/mol. The van der Waals surface area contributed by atoms with E-state index in [0.717, 1.165) is 6.07 Å². The number of rotatable bonds is 3. The number of nitro groups is 1. The molecular formula is C14H11NO4. The number of hydrogen-bond donors (Lipinski definition) is 1. The third-order valence-corrected chi connectivity index (χ3v) is 2.79. The van der Waals surface area contributed by atoms with E-state index in [1.807, 2.05) is 0 Å². The monoisotopic (exact) mass is 257 g/mol. The van der Waals surface area contributed by atoms with E-state index in [0.29, 0.717) is 11.1 Å². The first-order chi connectivity index (χ1) is 9.00. The summed E-state index contributed by atoms with van der Waals surface area (Å²) in [6, 6.07) is 10.8. The number of phenolic OH excluding ortho intramolecular Hbond substituents is 1. The molecule has 0 atom stereocenters. The fraction of sp³-hybridized carbons (Fsp3) is 0.0714. The molecule has 0 bridgehead atoms. The van der Waals surface area contributed by atoms with Crippen LogP contribution in [0.15, 0.2) is 42.5 Å². The Labute approximate surface area is 109 Å². The molecule has 0 amide bonds. The highest BCUT2D eigenvalue weighted by Crippen LogP contribution is 2.29. The third-order valence-electron chi connectivity index (χ3n) is 2.79. The molecule has 2 rings (SSSR count). The van der Waals surface area contributed by atoms with Crippen molar-refractivity contribution in [2.45, 2.75) is 6.92 Å². The van der Waals surface area contributed by atoms with Crippen LogP contribution in [-0.2, 0) is 0 Å². The van der Waals surface area contributed by atoms with E-state index in [1.165, 1.54) is 13.0 Å². The second-order valence-electron chi connectivity index (χ2n) is 4.11. The second-order valence-corrected chi connectivity index (χ2v) is 4.11. The minimum absolute atomic E-state index is 0.0642. The average molecular weight is 257 g/mol. The van der Waals surface area contributed by atoms with Gasteiger partial charge in [0, 0.05) is 11.1 Å².